The van der Waals surface area contributed by atoms with E-state index in [1.54, 1.807) is 18.7 Å². The van der Waals surface area contributed by atoms with E-state index in [-0.39, 0.29) is 5.91 Å². The van der Waals surface area contributed by atoms with Crippen molar-refractivity contribution in [2.24, 2.45) is 7.05 Å². The number of carbonyl (C=O) groups is 1. The number of nitrogens with one attached hydrogen (secondary N) is 1. The molecule has 0 radical (unpaired) electrons. The first-order valence-corrected chi connectivity index (χ1v) is 7.21. The molecule has 1 amide bonds. The summed E-state index contributed by atoms with van der Waals surface area (Å²) >= 11 is 1.35. The molecular formula is C13H14N6OS. The van der Waals surface area contributed by atoms with Crippen LogP contribution in [0, 0.1) is 0 Å². The van der Waals surface area contributed by atoms with Gasteiger partial charge in [-0.1, -0.05) is 0 Å². The van der Waals surface area contributed by atoms with Crippen LogP contribution in [0.3, 0.4) is 0 Å². The number of hydrogen-bond donors (Lipinski definition) is 2. The highest BCUT2D eigenvalue weighted by Crippen LogP contribution is 2.32. The zero-order chi connectivity index (χ0) is 14.8. The van der Waals surface area contributed by atoms with E-state index in [0.717, 1.165) is 15.9 Å². The van der Waals surface area contributed by atoms with Crippen LogP contribution in [-0.2, 0) is 13.5 Å². The lowest BCUT2D eigenvalue weighted by atomic mass is 10.2. The van der Waals surface area contributed by atoms with E-state index in [4.69, 9.17) is 5.73 Å². The van der Waals surface area contributed by atoms with Gasteiger partial charge in [-0.2, -0.15) is 0 Å². The molecule has 8 heteroatoms. The number of anilines is 1. The zero-order valence-electron chi connectivity index (χ0n) is 11.4. The summed E-state index contributed by atoms with van der Waals surface area (Å²) in [6.45, 7) is 0.483. The van der Waals surface area contributed by atoms with Crippen molar-refractivity contribution in [3.05, 3.63) is 35.5 Å². The van der Waals surface area contributed by atoms with Gasteiger partial charge in [-0.15, -0.1) is 21.5 Å². The molecule has 0 aromatic carbocycles. The average Bonchev–Trinajstić information content (AvgIpc) is 3.04. The molecule has 3 heterocycles. The van der Waals surface area contributed by atoms with Crippen molar-refractivity contribution >= 4 is 33.0 Å². The number of rotatable bonds is 4. The fourth-order valence-electron chi connectivity index (χ4n) is 2.04. The number of fused-ring (bicyclic) bond motifs is 1. The van der Waals surface area contributed by atoms with Gasteiger partial charge in [-0.3, -0.25) is 9.78 Å². The minimum atomic E-state index is -0.170. The van der Waals surface area contributed by atoms with Crippen LogP contribution in [0.15, 0.2) is 24.8 Å². The third-order valence-corrected chi connectivity index (χ3v) is 4.33. The molecular weight excluding hydrogens is 288 g/mol. The Hall–Kier alpha value is -2.48. The minimum Gasteiger partial charge on any atom is -0.397 e. The van der Waals surface area contributed by atoms with Crippen molar-refractivity contribution in [1.82, 2.24) is 25.1 Å². The first-order chi connectivity index (χ1) is 10.2. The fraction of sp³-hybridized carbons (Fsp3) is 0.231. The molecule has 0 aliphatic rings. The van der Waals surface area contributed by atoms with E-state index in [2.05, 4.69) is 20.5 Å². The summed E-state index contributed by atoms with van der Waals surface area (Å²) in [5, 5.41) is 11.5. The normalized spacial score (nSPS) is 10.9. The van der Waals surface area contributed by atoms with Crippen molar-refractivity contribution < 1.29 is 4.79 Å². The maximum absolute atomic E-state index is 12.2. The third-order valence-electron chi connectivity index (χ3n) is 3.18. The lowest BCUT2D eigenvalue weighted by Crippen LogP contribution is -2.26. The van der Waals surface area contributed by atoms with Crippen LogP contribution >= 0.6 is 11.3 Å². The summed E-state index contributed by atoms with van der Waals surface area (Å²) in [7, 11) is 1.87. The van der Waals surface area contributed by atoms with E-state index in [9.17, 15) is 4.79 Å². The second-order valence-corrected chi connectivity index (χ2v) is 5.63. The SMILES string of the molecule is Cn1cnnc1CCNC(=O)c1sc2cnccc2c1N. The van der Waals surface area contributed by atoms with Crippen LogP contribution in [0.2, 0.25) is 0 Å². The number of aromatic nitrogens is 4. The number of hydrogen-bond acceptors (Lipinski definition) is 6. The maximum atomic E-state index is 12.2. The predicted molar refractivity (Wildman–Crippen MR) is 81.1 cm³/mol. The van der Waals surface area contributed by atoms with Crippen molar-refractivity contribution in [2.45, 2.75) is 6.42 Å². The van der Waals surface area contributed by atoms with Crippen molar-refractivity contribution in [3.63, 3.8) is 0 Å². The van der Waals surface area contributed by atoms with Crippen LogP contribution in [-0.4, -0.2) is 32.2 Å². The number of aryl methyl sites for hydroxylation is 1. The number of nitrogen functional groups attached to an aromatic ring is 1. The Labute approximate surface area is 124 Å². The Balaban J connectivity index is 1.70. The number of pyridine rings is 1. The first kappa shape index (κ1) is 13.5. The van der Waals surface area contributed by atoms with Gasteiger partial charge < -0.3 is 15.6 Å². The van der Waals surface area contributed by atoms with E-state index in [0.29, 0.717) is 23.5 Å². The summed E-state index contributed by atoms with van der Waals surface area (Å²) < 4.78 is 2.74. The second kappa shape index (κ2) is 5.49. The van der Waals surface area contributed by atoms with Gasteiger partial charge in [0.2, 0.25) is 0 Å². The van der Waals surface area contributed by atoms with Gasteiger partial charge >= 0.3 is 0 Å². The molecule has 0 bridgehead atoms. The number of amides is 1. The molecule has 7 nitrogen and oxygen atoms in total. The van der Waals surface area contributed by atoms with Gasteiger partial charge in [0.25, 0.3) is 5.91 Å². The molecule has 3 N–H and O–H groups in total. The Kier molecular flexibility index (Phi) is 3.53. The van der Waals surface area contributed by atoms with E-state index in [1.807, 2.05) is 17.7 Å². The van der Waals surface area contributed by atoms with Gasteiger partial charge in [-0.05, 0) is 6.07 Å². The van der Waals surface area contributed by atoms with Crippen LogP contribution in [0.5, 0.6) is 0 Å². The number of thiophene rings is 1. The first-order valence-electron chi connectivity index (χ1n) is 6.40. The number of nitrogens with zero attached hydrogens (tertiary/aromatic N) is 4. The van der Waals surface area contributed by atoms with Crippen LogP contribution in [0.25, 0.3) is 10.1 Å². The Morgan fingerprint density at radius 2 is 2.38 bits per heavy atom. The van der Waals surface area contributed by atoms with Gasteiger partial charge in [-0.25, -0.2) is 0 Å². The van der Waals surface area contributed by atoms with Crippen LogP contribution in [0.4, 0.5) is 5.69 Å². The number of nitrogens with two attached hydrogens (primary N) is 1. The molecule has 0 aliphatic heterocycles. The lowest BCUT2D eigenvalue weighted by Gasteiger charge is -2.04. The monoisotopic (exact) mass is 302 g/mol. The summed E-state index contributed by atoms with van der Waals surface area (Å²) in [6.07, 6.45) is 5.64. The molecule has 0 fully saturated rings. The highest BCUT2D eigenvalue weighted by Gasteiger charge is 2.16. The standard InChI is InChI=1S/C13H14N6OS/c1-19-7-17-18-10(19)3-5-16-13(20)12-11(14)8-2-4-15-6-9(8)21-12/h2,4,6-7H,3,5,14H2,1H3,(H,16,20). The summed E-state index contributed by atoms with van der Waals surface area (Å²) in [5.41, 5.74) is 6.53. The van der Waals surface area contributed by atoms with Gasteiger partial charge in [0.05, 0.1) is 10.4 Å². The van der Waals surface area contributed by atoms with E-state index in [1.165, 1.54) is 11.3 Å². The molecule has 0 saturated heterocycles. The molecule has 0 saturated carbocycles. The largest absolute Gasteiger partial charge is 0.397 e. The van der Waals surface area contributed by atoms with Crippen molar-refractivity contribution in [1.29, 1.82) is 0 Å². The van der Waals surface area contributed by atoms with Gasteiger partial charge in [0, 0.05) is 37.8 Å². The smallest absolute Gasteiger partial charge is 0.263 e. The lowest BCUT2D eigenvalue weighted by molar-refractivity contribution is 0.0959. The van der Waals surface area contributed by atoms with Gasteiger partial charge in [0.15, 0.2) is 0 Å². The fourth-order valence-corrected chi connectivity index (χ4v) is 3.05. The van der Waals surface area contributed by atoms with Crippen LogP contribution in [0.1, 0.15) is 15.5 Å². The summed E-state index contributed by atoms with van der Waals surface area (Å²) in [4.78, 5) is 16.8. The quantitative estimate of drug-likeness (QED) is 0.748. The molecule has 0 atom stereocenters. The Morgan fingerprint density at radius 1 is 1.52 bits per heavy atom. The maximum Gasteiger partial charge on any atom is 0.263 e. The van der Waals surface area contributed by atoms with E-state index >= 15 is 0 Å². The molecule has 3 rings (SSSR count). The summed E-state index contributed by atoms with van der Waals surface area (Å²) in [6, 6.07) is 1.82. The van der Waals surface area contributed by atoms with Crippen molar-refractivity contribution in [3.8, 4) is 0 Å². The second-order valence-electron chi connectivity index (χ2n) is 4.58. The molecule has 108 valence electrons. The molecule has 21 heavy (non-hydrogen) atoms. The van der Waals surface area contributed by atoms with Gasteiger partial charge in [0.1, 0.15) is 17.0 Å². The predicted octanol–water partition coefficient (Wildman–Crippen LogP) is 0.979. The number of carbonyl (C=O) groups excluding carboxylic acids is 1. The highest BCUT2D eigenvalue weighted by atomic mass is 32.1. The zero-order valence-corrected chi connectivity index (χ0v) is 12.2. The molecule has 3 aromatic rings. The Morgan fingerprint density at radius 3 is 3.10 bits per heavy atom. The third kappa shape index (κ3) is 2.57. The minimum absolute atomic E-state index is 0.170. The van der Waals surface area contributed by atoms with E-state index < -0.39 is 0 Å². The topological polar surface area (TPSA) is 98.7 Å². The molecule has 0 unspecified atom stereocenters. The average molecular weight is 302 g/mol. The van der Waals surface area contributed by atoms with Crippen molar-refractivity contribution in [2.75, 3.05) is 12.3 Å². The molecule has 3 aromatic heterocycles. The highest BCUT2D eigenvalue weighted by molar-refractivity contribution is 7.21. The van der Waals surface area contributed by atoms with Crippen LogP contribution < -0.4 is 11.1 Å². The Bertz CT molecular complexity index is 793. The molecule has 0 spiro atoms. The molecule has 0 aliphatic carbocycles. The summed E-state index contributed by atoms with van der Waals surface area (Å²) in [5.74, 6) is 0.652.